The molecule has 0 saturated heterocycles. The van der Waals surface area contributed by atoms with Crippen molar-refractivity contribution in [2.45, 2.75) is 45.1 Å². The summed E-state index contributed by atoms with van der Waals surface area (Å²) in [6, 6.07) is 7.97. The molecule has 1 aromatic rings. The lowest BCUT2D eigenvalue weighted by Crippen LogP contribution is -2.27. The Kier molecular flexibility index (Phi) is 6.98. The summed E-state index contributed by atoms with van der Waals surface area (Å²) >= 11 is 0. The van der Waals surface area contributed by atoms with Gasteiger partial charge in [-0.05, 0) is 56.8 Å². The van der Waals surface area contributed by atoms with Crippen molar-refractivity contribution >= 4 is 0 Å². The quantitative estimate of drug-likeness (QED) is 0.545. The predicted molar refractivity (Wildman–Crippen MR) is 76.6 cm³/mol. The number of nitrogens with one attached hydrogen (secondary N) is 1. The maximum atomic E-state index is 9.19. The van der Waals surface area contributed by atoms with E-state index < -0.39 is 0 Å². The minimum Gasteiger partial charge on any atom is -0.508 e. The first-order valence-electron chi connectivity index (χ1n) is 6.67. The SMILES string of the molecule is C#CCCCCNC(C)CCc1ccc(O)cc1. The standard InChI is InChI=1S/C16H23NO/c1-3-4-5-6-13-17-14(2)7-8-15-9-11-16(18)12-10-15/h1,9-12,14,17-18H,4-8,13H2,2H3. The first-order chi connectivity index (χ1) is 8.72. The minimum atomic E-state index is 0.332. The topological polar surface area (TPSA) is 32.3 Å². The molecule has 0 bridgehead atoms. The van der Waals surface area contributed by atoms with Crippen molar-refractivity contribution in [3.63, 3.8) is 0 Å². The first-order valence-corrected chi connectivity index (χ1v) is 6.67. The highest BCUT2D eigenvalue weighted by Gasteiger charge is 2.01. The van der Waals surface area contributed by atoms with Crippen LogP contribution in [0.2, 0.25) is 0 Å². The Morgan fingerprint density at radius 3 is 2.67 bits per heavy atom. The van der Waals surface area contributed by atoms with Gasteiger partial charge in [-0.3, -0.25) is 0 Å². The van der Waals surface area contributed by atoms with Gasteiger partial charge in [0.2, 0.25) is 0 Å². The van der Waals surface area contributed by atoms with Crippen molar-refractivity contribution in [1.82, 2.24) is 5.32 Å². The Hall–Kier alpha value is -1.46. The summed E-state index contributed by atoms with van der Waals surface area (Å²) in [6.45, 7) is 3.25. The molecule has 2 N–H and O–H groups in total. The lowest BCUT2D eigenvalue weighted by Gasteiger charge is -2.13. The van der Waals surface area contributed by atoms with Crippen molar-refractivity contribution in [2.75, 3.05) is 6.54 Å². The molecule has 0 spiro atoms. The number of unbranched alkanes of at least 4 members (excludes halogenated alkanes) is 2. The maximum Gasteiger partial charge on any atom is 0.115 e. The molecule has 1 rings (SSSR count). The van der Waals surface area contributed by atoms with Crippen LogP contribution in [-0.4, -0.2) is 17.7 Å². The number of benzene rings is 1. The van der Waals surface area contributed by atoms with E-state index >= 15 is 0 Å². The van der Waals surface area contributed by atoms with Crippen LogP contribution in [0, 0.1) is 12.3 Å². The third kappa shape index (κ3) is 6.32. The van der Waals surface area contributed by atoms with Crippen molar-refractivity contribution < 1.29 is 5.11 Å². The van der Waals surface area contributed by atoms with Crippen molar-refractivity contribution in [3.8, 4) is 18.1 Å². The first kappa shape index (κ1) is 14.6. The highest BCUT2D eigenvalue weighted by molar-refractivity contribution is 5.25. The van der Waals surface area contributed by atoms with E-state index in [2.05, 4.69) is 18.2 Å². The number of aromatic hydroxyl groups is 1. The number of rotatable bonds is 8. The maximum absolute atomic E-state index is 9.19. The Balaban J connectivity index is 2.11. The van der Waals surface area contributed by atoms with Crippen LogP contribution in [0.3, 0.4) is 0 Å². The van der Waals surface area contributed by atoms with Gasteiger partial charge in [-0.1, -0.05) is 12.1 Å². The fourth-order valence-corrected chi connectivity index (χ4v) is 1.85. The fraction of sp³-hybridized carbons (Fsp3) is 0.500. The Bertz CT molecular complexity index is 364. The third-order valence-electron chi connectivity index (χ3n) is 3.04. The van der Waals surface area contributed by atoms with E-state index in [0.29, 0.717) is 11.8 Å². The average molecular weight is 245 g/mol. The molecule has 0 fully saturated rings. The van der Waals surface area contributed by atoms with E-state index in [1.807, 2.05) is 12.1 Å². The highest BCUT2D eigenvalue weighted by atomic mass is 16.3. The normalized spacial score (nSPS) is 12.0. The molecule has 2 heteroatoms. The van der Waals surface area contributed by atoms with Crippen LogP contribution in [0.25, 0.3) is 0 Å². The van der Waals surface area contributed by atoms with Gasteiger partial charge in [0, 0.05) is 12.5 Å². The molecule has 0 amide bonds. The highest BCUT2D eigenvalue weighted by Crippen LogP contribution is 2.11. The van der Waals surface area contributed by atoms with Crippen molar-refractivity contribution in [3.05, 3.63) is 29.8 Å². The molecule has 0 radical (unpaired) electrons. The van der Waals surface area contributed by atoms with Gasteiger partial charge in [0.05, 0.1) is 0 Å². The fourth-order valence-electron chi connectivity index (χ4n) is 1.85. The van der Waals surface area contributed by atoms with Gasteiger partial charge in [0.25, 0.3) is 0 Å². The van der Waals surface area contributed by atoms with Crippen LogP contribution in [0.4, 0.5) is 0 Å². The third-order valence-corrected chi connectivity index (χ3v) is 3.04. The molecule has 1 atom stereocenters. The molecule has 98 valence electrons. The summed E-state index contributed by atoms with van der Waals surface area (Å²) in [5.74, 6) is 2.99. The van der Waals surface area contributed by atoms with Crippen molar-refractivity contribution in [2.24, 2.45) is 0 Å². The Labute approximate surface area is 110 Å². The van der Waals surface area contributed by atoms with E-state index in [-0.39, 0.29) is 0 Å². The van der Waals surface area contributed by atoms with Gasteiger partial charge >= 0.3 is 0 Å². The second-order valence-corrected chi connectivity index (χ2v) is 4.72. The van der Waals surface area contributed by atoms with E-state index in [4.69, 9.17) is 6.42 Å². The average Bonchev–Trinajstić information content (AvgIpc) is 2.38. The summed E-state index contributed by atoms with van der Waals surface area (Å²) < 4.78 is 0. The summed E-state index contributed by atoms with van der Waals surface area (Å²) in [4.78, 5) is 0. The van der Waals surface area contributed by atoms with Crippen LogP contribution in [0.1, 0.15) is 38.2 Å². The molecule has 0 aliphatic heterocycles. The molecular weight excluding hydrogens is 222 g/mol. The monoisotopic (exact) mass is 245 g/mol. The number of aryl methyl sites for hydroxylation is 1. The molecule has 0 aliphatic rings. The van der Waals surface area contributed by atoms with E-state index in [9.17, 15) is 5.11 Å². The molecule has 0 saturated carbocycles. The number of phenols is 1. The van der Waals surface area contributed by atoms with Gasteiger partial charge in [-0.2, -0.15) is 0 Å². The number of phenolic OH excluding ortho intramolecular Hbond substituents is 1. The van der Waals surface area contributed by atoms with Crippen LogP contribution >= 0.6 is 0 Å². The summed E-state index contributed by atoms with van der Waals surface area (Å²) in [5, 5.41) is 12.7. The zero-order valence-corrected chi connectivity index (χ0v) is 11.2. The van der Waals surface area contributed by atoms with Crippen molar-refractivity contribution in [1.29, 1.82) is 0 Å². The molecule has 1 unspecified atom stereocenters. The lowest BCUT2D eigenvalue weighted by molar-refractivity contribution is 0.474. The van der Waals surface area contributed by atoms with E-state index in [1.165, 1.54) is 5.56 Å². The Morgan fingerprint density at radius 2 is 2.00 bits per heavy atom. The number of hydrogen-bond acceptors (Lipinski definition) is 2. The van der Waals surface area contributed by atoms with Gasteiger partial charge in [-0.15, -0.1) is 12.3 Å². The second-order valence-electron chi connectivity index (χ2n) is 4.72. The van der Waals surface area contributed by atoms with E-state index in [0.717, 1.165) is 38.6 Å². The number of terminal acetylenes is 1. The molecule has 2 nitrogen and oxygen atoms in total. The van der Waals surface area contributed by atoms with Crippen LogP contribution in [-0.2, 0) is 6.42 Å². The number of hydrogen-bond donors (Lipinski definition) is 2. The van der Waals surface area contributed by atoms with Crippen LogP contribution in [0.15, 0.2) is 24.3 Å². The largest absolute Gasteiger partial charge is 0.508 e. The van der Waals surface area contributed by atoms with Gasteiger partial charge < -0.3 is 10.4 Å². The zero-order chi connectivity index (χ0) is 13.2. The van der Waals surface area contributed by atoms with Gasteiger partial charge in [0.1, 0.15) is 5.75 Å². The summed E-state index contributed by atoms with van der Waals surface area (Å²) in [5.41, 5.74) is 1.27. The second kappa shape index (κ2) is 8.60. The smallest absolute Gasteiger partial charge is 0.115 e. The molecule has 18 heavy (non-hydrogen) atoms. The minimum absolute atomic E-state index is 0.332. The van der Waals surface area contributed by atoms with Gasteiger partial charge in [-0.25, -0.2) is 0 Å². The predicted octanol–water partition coefficient (Wildman–Crippen LogP) is 3.11. The van der Waals surface area contributed by atoms with E-state index in [1.54, 1.807) is 12.1 Å². The molecule has 0 heterocycles. The van der Waals surface area contributed by atoms with Crippen LogP contribution < -0.4 is 5.32 Å². The molecule has 0 aliphatic carbocycles. The molecule has 0 aromatic heterocycles. The Morgan fingerprint density at radius 1 is 1.28 bits per heavy atom. The van der Waals surface area contributed by atoms with Gasteiger partial charge in [0.15, 0.2) is 0 Å². The summed E-state index contributed by atoms with van der Waals surface area (Å²) in [6.07, 6.45) is 10.5. The molecule has 1 aromatic carbocycles. The molecular formula is C16H23NO. The van der Waals surface area contributed by atoms with Crippen LogP contribution in [0.5, 0.6) is 5.75 Å². The lowest BCUT2D eigenvalue weighted by atomic mass is 10.1. The zero-order valence-electron chi connectivity index (χ0n) is 11.2. The summed E-state index contributed by atoms with van der Waals surface area (Å²) in [7, 11) is 0.